The van der Waals surface area contributed by atoms with Gasteiger partial charge in [0.15, 0.2) is 0 Å². The molecule has 1 rings (SSSR count). The van der Waals surface area contributed by atoms with Gasteiger partial charge in [0, 0.05) is 6.04 Å². The van der Waals surface area contributed by atoms with Crippen LogP contribution in [0.4, 0.5) is 0 Å². The van der Waals surface area contributed by atoms with E-state index in [-0.39, 0.29) is 5.54 Å². The number of hydrogen-bond acceptors (Lipinski definition) is 3. The molecule has 3 heteroatoms. The maximum Gasteiger partial charge on any atom is 0.109 e. The first-order chi connectivity index (χ1) is 9.59. The average molecular weight is 279 g/mol. The van der Waals surface area contributed by atoms with E-state index in [0.717, 1.165) is 32.4 Å². The third kappa shape index (κ3) is 4.46. The van der Waals surface area contributed by atoms with Crippen LogP contribution in [0.5, 0.6) is 0 Å². The van der Waals surface area contributed by atoms with Crippen molar-refractivity contribution in [2.24, 2.45) is 5.92 Å². The molecule has 0 aliphatic heterocycles. The molecule has 116 valence electrons. The molecule has 1 saturated carbocycles. The van der Waals surface area contributed by atoms with Crippen molar-refractivity contribution in [2.45, 2.75) is 77.8 Å². The number of nitrogens with zero attached hydrogens (tertiary/aromatic N) is 2. The van der Waals surface area contributed by atoms with Gasteiger partial charge >= 0.3 is 0 Å². The summed E-state index contributed by atoms with van der Waals surface area (Å²) in [5.41, 5.74) is -0.245. The van der Waals surface area contributed by atoms with E-state index >= 15 is 0 Å². The zero-order valence-corrected chi connectivity index (χ0v) is 13.9. The van der Waals surface area contributed by atoms with E-state index in [2.05, 4.69) is 44.0 Å². The molecule has 0 spiro atoms. The Hall–Kier alpha value is -0.590. The van der Waals surface area contributed by atoms with Gasteiger partial charge in [0.05, 0.1) is 6.07 Å². The number of nitrogens with one attached hydrogen (secondary N) is 1. The quantitative estimate of drug-likeness (QED) is 0.701. The first-order valence-corrected chi connectivity index (χ1v) is 8.50. The lowest BCUT2D eigenvalue weighted by atomic mass is 9.85. The Balaban J connectivity index is 2.58. The van der Waals surface area contributed by atoms with Crippen LogP contribution in [0.25, 0.3) is 0 Å². The van der Waals surface area contributed by atoms with Crippen molar-refractivity contribution in [3.63, 3.8) is 0 Å². The summed E-state index contributed by atoms with van der Waals surface area (Å²) in [6.07, 6.45) is 6.91. The molecule has 0 heterocycles. The van der Waals surface area contributed by atoms with Gasteiger partial charge in [-0.05, 0) is 71.5 Å². The van der Waals surface area contributed by atoms with E-state index in [0.29, 0.717) is 12.0 Å². The average Bonchev–Trinajstić information content (AvgIpc) is 2.84. The summed E-state index contributed by atoms with van der Waals surface area (Å²) in [5, 5.41) is 13.2. The Morgan fingerprint density at radius 3 is 2.60 bits per heavy atom. The molecule has 0 aromatic carbocycles. The topological polar surface area (TPSA) is 39.1 Å². The minimum Gasteiger partial charge on any atom is -0.301 e. The van der Waals surface area contributed by atoms with Gasteiger partial charge in [-0.1, -0.05) is 20.3 Å². The second-order valence-corrected chi connectivity index (χ2v) is 6.52. The summed E-state index contributed by atoms with van der Waals surface area (Å²) in [5.74, 6) is 0.525. The Morgan fingerprint density at radius 1 is 1.30 bits per heavy atom. The molecule has 1 fully saturated rings. The van der Waals surface area contributed by atoms with Crippen LogP contribution in [0.3, 0.4) is 0 Å². The van der Waals surface area contributed by atoms with Crippen LogP contribution in [-0.4, -0.2) is 36.1 Å². The molecule has 1 N–H and O–H groups in total. The monoisotopic (exact) mass is 279 g/mol. The Bertz CT molecular complexity index is 308. The zero-order chi connectivity index (χ0) is 15.0. The summed E-state index contributed by atoms with van der Waals surface area (Å²) in [4.78, 5) is 2.56. The standard InChI is InChI=1S/C17H33N3/c1-5-11-19-17(14-18)10-7-8-16(17)9-13-20(12-6-2)15(3)4/h15-16,19H,5-13H2,1-4H3. The molecule has 1 aliphatic rings. The smallest absolute Gasteiger partial charge is 0.109 e. The van der Waals surface area contributed by atoms with Crippen molar-refractivity contribution >= 4 is 0 Å². The molecule has 3 nitrogen and oxygen atoms in total. The summed E-state index contributed by atoms with van der Waals surface area (Å²) in [7, 11) is 0. The van der Waals surface area contributed by atoms with Crippen molar-refractivity contribution in [1.29, 1.82) is 5.26 Å². The van der Waals surface area contributed by atoms with E-state index in [1.807, 2.05) is 0 Å². The van der Waals surface area contributed by atoms with Gasteiger partial charge in [0.1, 0.15) is 5.54 Å². The zero-order valence-electron chi connectivity index (χ0n) is 13.9. The SMILES string of the molecule is CCCNC1(C#N)CCCC1CCN(CCC)C(C)C. The number of nitriles is 1. The Labute approximate surface area is 125 Å². The lowest BCUT2D eigenvalue weighted by Gasteiger charge is -2.33. The maximum atomic E-state index is 9.67. The molecule has 0 aromatic rings. The molecule has 0 saturated heterocycles. The van der Waals surface area contributed by atoms with Gasteiger partial charge in [-0.2, -0.15) is 5.26 Å². The van der Waals surface area contributed by atoms with E-state index in [1.54, 1.807) is 0 Å². The second kappa shape index (κ2) is 8.64. The van der Waals surface area contributed by atoms with Crippen molar-refractivity contribution < 1.29 is 0 Å². The first kappa shape index (κ1) is 17.5. The molecular weight excluding hydrogens is 246 g/mol. The van der Waals surface area contributed by atoms with Crippen molar-refractivity contribution in [2.75, 3.05) is 19.6 Å². The predicted molar refractivity (Wildman–Crippen MR) is 85.6 cm³/mol. The highest BCUT2D eigenvalue weighted by atomic mass is 15.1. The van der Waals surface area contributed by atoms with Gasteiger partial charge in [-0.15, -0.1) is 0 Å². The van der Waals surface area contributed by atoms with Crippen LogP contribution >= 0.6 is 0 Å². The summed E-state index contributed by atoms with van der Waals surface area (Å²) in [6.45, 7) is 12.2. The summed E-state index contributed by atoms with van der Waals surface area (Å²) < 4.78 is 0. The maximum absolute atomic E-state index is 9.67. The van der Waals surface area contributed by atoms with Crippen LogP contribution < -0.4 is 5.32 Å². The third-order valence-electron chi connectivity index (χ3n) is 4.72. The molecule has 2 atom stereocenters. The second-order valence-electron chi connectivity index (χ2n) is 6.52. The fourth-order valence-corrected chi connectivity index (χ4v) is 3.47. The van der Waals surface area contributed by atoms with Gasteiger partial charge in [0.2, 0.25) is 0 Å². The van der Waals surface area contributed by atoms with E-state index in [9.17, 15) is 5.26 Å². The first-order valence-electron chi connectivity index (χ1n) is 8.50. The molecular formula is C17H33N3. The number of rotatable bonds is 9. The summed E-state index contributed by atoms with van der Waals surface area (Å²) >= 11 is 0. The Kier molecular flexibility index (Phi) is 7.55. The van der Waals surface area contributed by atoms with Crippen LogP contribution in [0, 0.1) is 17.2 Å². The largest absolute Gasteiger partial charge is 0.301 e. The molecule has 2 unspecified atom stereocenters. The highest BCUT2D eigenvalue weighted by Gasteiger charge is 2.42. The number of hydrogen-bond donors (Lipinski definition) is 1. The highest BCUT2D eigenvalue weighted by molar-refractivity contribution is 5.14. The van der Waals surface area contributed by atoms with Gasteiger partial charge in [-0.25, -0.2) is 0 Å². The van der Waals surface area contributed by atoms with Gasteiger partial charge in [-0.3, -0.25) is 5.32 Å². The Morgan fingerprint density at radius 2 is 2.05 bits per heavy atom. The third-order valence-corrected chi connectivity index (χ3v) is 4.72. The fourth-order valence-electron chi connectivity index (χ4n) is 3.47. The minimum absolute atomic E-state index is 0.245. The molecule has 20 heavy (non-hydrogen) atoms. The molecule has 0 aromatic heterocycles. The van der Waals surface area contributed by atoms with E-state index < -0.39 is 0 Å². The fraction of sp³-hybridized carbons (Fsp3) is 0.941. The highest BCUT2D eigenvalue weighted by Crippen LogP contribution is 2.37. The summed E-state index contributed by atoms with van der Waals surface area (Å²) in [6, 6.07) is 3.23. The van der Waals surface area contributed by atoms with Gasteiger partial charge < -0.3 is 4.90 Å². The minimum atomic E-state index is -0.245. The van der Waals surface area contributed by atoms with Crippen LogP contribution in [0.15, 0.2) is 0 Å². The molecule has 0 radical (unpaired) electrons. The van der Waals surface area contributed by atoms with Gasteiger partial charge in [0.25, 0.3) is 0 Å². The van der Waals surface area contributed by atoms with Crippen LogP contribution in [0.1, 0.15) is 66.2 Å². The molecule has 1 aliphatic carbocycles. The van der Waals surface area contributed by atoms with Crippen LogP contribution in [-0.2, 0) is 0 Å². The van der Waals surface area contributed by atoms with E-state index in [1.165, 1.54) is 25.8 Å². The lowest BCUT2D eigenvalue weighted by Crippen LogP contribution is -2.48. The van der Waals surface area contributed by atoms with Crippen molar-refractivity contribution in [1.82, 2.24) is 10.2 Å². The van der Waals surface area contributed by atoms with Crippen LogP contribution in [0.2, 0.25) is 0 Å². The van der Waals surface area contributed by atoms with Crippen molar-refractivity contribution in [3.05, 3.63) is 0 Å². The predicted octanol–water partition coefficient (Wildman–Crippen LogP) is 3.56. The van der Waals surface area contributed by atoms with Crippen molar-refractivity contribution in [3.8, 4) is 6.07 Å². The normalized spacial score (nSPS) is 26.4. The molecule has 0 bridgehead atoms. The molecule has 0 amide bonds. The lowest BCUT2D eigenvalue weighted by molar-refractivity contribution is 0.189. The van der Waals surface area contributed by atoms with E-state index in [4.69, 9.17) is 0 Å².